The summed E-state index contributed by atoms with van der Waals surface area (Å²) in [6.07, 6.45) is 0. The molecule has 1 aromatic carbocycles. The largest absolute Gasteiger partial charge is 0.463 e. The summed E-state index contributed by atoms with van der Waals surface area (Å²) in [6, 6.07) is 5.24. The molecule has 0 saturated carbocycles. The first kappa shape index (κ1) is 16.3. The van der Waals surface area contributed by atoms with Gasteiger partial charge in [0.15, 0.2) is 0 Å². The Labute approximate surface area is 141 Å². The smallest absolute Gasteiger partial charge is 0.375 e. The molecule has 25 heavy (non-hydrogen) atoms. The van der Waals surface area contributed by atoms with Crippen LogP contribution in [0.3, 0.4) is 0 Å². The molecular formula is C15H13N5O5. The van der Waals surface area contributed by atoms with E-state index in [1.54, 1.807) is 12.1 Å². The lowest BCUT2D eigenvalue weighted by Gasteiger charge is -2.20. The van der Waals surface area contributed by atoms with Crippen LogP contribution in [0, 0.1) is 0 Å². The molecule has 0 unspecified atom stereocenters. The molecule has 0 bridgehead atoms. The topological polar surface area (TPSA) is 134 Å². The molecule has 2 N–H and O–H groups in total. The van der Waals surface area contributed by atoms with Gasteiger partial charge in [0.2, 0.25) is 17.7 Å². The van der Waals surface area contributed by atoms with Gasteiger partial charge in [-0.15, -0.1) is 5.10 Å². The summed E-state index contributed by atoms with van der Waals surface area (Å²) in [4.78, 5) is 53.0. The van der Waals surface area contributed by atoms with Crippen molar-refractivity contribution in [3.63, 3.8) is 0 Å². The fourth-order valence-corrected chi connectivity index (χ4v) is 2.40. The Bertz CT molecular complexity index is 855. The van der Waals surface area contributed by atoms with Gasteiger partial charge in [-0.1, -0.05) is 12.1 Å². The highest BCUT2D eigenvalue weighted by Gasteiger charge is 2.40. The van der Waals surface area contributed by atoms with Crippen LogP contribution in [0.2, 0.25) is 0 Å². The van der Waals surface area contributed by atoms with E-state index in [9.17, 15) is 19.2 Å². The van der Waals surface area contributed by atoms with E-state index < -0.39 is 29.7 Å². The summed E-state index contributed by atoms with van der Waals surface area (Å²) >= 11 is 0. The van der Waals surface area contributed by atoms with Crippen LogP contribution in [0.5, 0.6) is 0 Å². The minimum Gasteiger partial charge on any atom is -0.463 e. The number of esters is 1. The first-order chi connectivity index (χ1) is 11.9. The Morgan fingerprint density at radius 2 is 1.80 bits per heavy atom. The normalized spacial score (nSPS) is 14.2. The van der Waals surface area contributed by atoms with Gasteiger partial charge in [0, 0.05) is 0 Å². The lowest BCUT2D eigenvalue weighted by atomic mass is 10.1. The molecular weight excluding hydrogens is 330 g/mol. The lowest BCUT2D eigenvalue weighted by molar-refractivity contribution is -0.119. The summed E-state index contributed by atoms with van der Waals surface area (Å²) < 4.78 is 4.46. The zero-order chi connectivity index (χ0) is 18.1. The number of ether oxygens (including phenoxy) is 1. The third kappa shape index (κ3) is 2.73. The third-order valence-corrected chi connectivity index (χ3v) is 3.69. The van der Waals surface area contributed by atoms with E-state index in [1.165, 1.54) is 26.2 Å². The Balaban J connectivity index is 1.75. The molecule has 0 fully saturated rings. The van der Waals surface area contributed by atoms with E-state index in [-0.39, 0.29) is 22.9 Å². The molecule has 1 aliphatic heterocycles. The van der Waals surface area contributed by atoms with Crippen molar-refractivity contribution in [2.45, 2.75) is 13.0 Å². The highest BCUT2D eigenvalue weighted by Crippen LogP contribution is 2.24. The minimum atomic E-state index is -1.09. The average Bonchev–Trinajstić information content (AvgIpc) is 3.18. The summed E-state index contributed by atoms with van der Waals surface area (Å²) in [5.41, 5.74) is 0.496. The van der Waals surface area contributed by atoms with Crippen molar-refractivity contribution in [1.29, 1.82) is 0 Å². The summed E-state index contributed by atoms with van der Waals surface area (Å²) in [5, 5.41) is 8.30. The average molecular weight is 343 g/mol. The van der Waals surface area contributed by atoms with Gasteiger partial charge in [-0.2, -0.15) is 4.98 Å². The number of aromatic nitrogens is 3. The van der Waals surface area contributed by atoms with Crippen LogP contribution in [-0.4, -0.2) is 56.9 Å². The van der Waals surface area contributed by atoms with Crippen LogP contribution >= 0.6 is 0 Å². The zero-order valence-corrected chi connectivity index (χ0v) is 13.3. The minimum absolute atomic E-state index is 0.172. The number of anilines is 1. The monoisotopic (exact) mass is 343 g/mol. The molecule has 10 nitrogen and oxygen atoms in total. The van der Waals surface area contributed by atoms with Gasteiger partial charge in [-0.3, -0.25) is 29.7 Å². The zero-order valence-electron chi connectivity index (χ0n) is 13.3. The Morgan fingerprint density at radius 1 is 1.20 bits per heavy atom. The maximum Gasteiger partial charge on any atom is 0.375 e. The van der Waals surface area contributed by atoms with Crippen LogP contribution in [0.1, 0.15) is 38.3 Å². The standard InChI is InChI=1S/C15H13N5O5/c1-7(11(21)17-15-16-10(18-19-15)14(24)25-2)20-12(22)8-5-3-4-6-9(8)13(20)23/h3-7H,1-2H3,(H2,16,17,18,19,21)/t7-/m1/s1. The molecule has 1 atom stereocenters. The van der Waals surface area contributed by atoms with Crippen molar-refractivity contribution < 1.29 is 23.9 Å². The van der Waals surface area contributed by atoms with Gasteiger partial charge >= 0.3 is 5.97 Å². The van der Waals surface area contributed by atoms with Crippen LogP contribution in [0.4, 0.5) is 5.95 Å². The molecule has 2 aromatic rings. The van der Waals surface area contributed by atoms with Crippen molar-refractivity contribution in [3.05, 3.63) is 41.2 Å². The van der Waals surface area contributed by atoms with E-state index in [0.29, 0.717) is 0 Å². The number of nitrogens with one attached hydrogen (secondary N) is 2. The van der Waals surface area contributed by atoms with Crippen molar-refractivity contribution in [1.82, 2.24) is 20.1 Å². The number of fused-ring (bicyclic) bond motifs is 1. The van der Waals surface area contributed by atoms with Crippen LogP contribution in [-0.2, 0) is 9.53 Å². The number of H-pyrrole nitrogens is 1. The second kappa shape index (κ2) is 6.15. The third-order valence-electron chi connectivity index (χ3n) is 3.69. The number of benzene rings is 1. The van der Waals surface area contributed by atoms with Gasteiger partial charge in [0.1, 0.15) is 6.04 Å². The van der Waals surface area contributed by atoms with Gasteiger partial charge in [0.25, 0.3) is 11.8 Å². The van der Waals surface area contributed by atoms with Crippen LogP contribution in [0.25, 0.3) is 0 Å². The number of amides is 3. The Morgan fingerprint density at radius 3 is 2.36 bits per heavy atom. The van der Waals surface area contributed by atoms with Crippen LogP contribution in [0.15, 0.2) is 24.3 Å². The number of carbonyl (C=O) groups is 4. The lowest BCUT2D eigenvalue weighted by Crippen LogP contribution is -2.45. The van der Waals surface area contributed by atoms with Crippen molar-refractivity contribution in [2.24, 2.45) is 0 Å². The number of nitrogens with zero attached hydrogens (tertiary/aromatic N) is 3. The molecule has 0 saturated heterocycles. The molecule has 1 aromatic heterocycles. The number of hydrogen-bond acceptors (Lipinski definition) is 7. The predicted octanol–water partition coefficient (Wildman–Crippen LogP) is 0.214. The van der Waals surface area contributed by atoms with E-state index in [0.717, 1.165) is 4.90 Å². The number of carbonyl (C=O) groups excluding carboxylic acids is 4. The molecule has 2 heterocycles. The van der Waals surface area contributed by atoms with Gasteiger partial charge in [0.05, 0.1) is 18.2 Å². The van der Waals surface area contributed by atoms with Gasteiger partial charge in [-0.05, 0) is 19.1 Å². The maximum atomic E-state index is 12.4. The first-order valence-corrected chi connectivity index (χ1v) is 7.22. The fourth-order valence-electron chi connectivity index (χ4n) is 2.40. The highest BCUT2D eigenvalue weighted by molar-refractivity contribution is 6.23. The summed E-state index contributed by atoms with van der Waals surface area (Å²) in [5.74, 6) is -2.88. The van der Waals surface area contributed by atoms with Gasteiger partial charge in [-0.25, -0.2) is 4.79 Å². The first-order valence-electron chi connectivity index (χ1n) is 7.22. The number of methoxy groups -OCH3 is 1. The van der Waals surface area contributed by atoms with E-state index in [4.69, 9.17) is 0 Å². The second-order valence-electron chi connectivity index (χ2n) is 5.19. The maximum absolute atomic E-state index is 12.4. The molecule has 1 aliphatic rings. The molecule has 3 rings (SSSR count). The number of rotatable bonds is 4. The highest BCUT2D eigenvalue weighted by atomic mass is 16.5. The van der Waals surface area contributed by atoms with E-state index in [1.807, 2.05) is 0 Å². The Kier molecular flexibility index (Phi) is 4.01. The molecule has 0 spiro atoms. The van der Waals surface area contributed by atoms with Gasteiger partial charge < -0.3 is 4.74 Å². The molecule has 128 valence electrons. The van der Waals surface area contributed by atoms with E-state index >= 15 is 0 Å². The van der Waals surface area contributed by atoms with Crippen molar-refractivity contribution >= 4 is 29.6 Å². The van der Waals surface area contributed by atoms with Crippen LogP contribution < -0.4 is 5.32 Å². The SMILES string of the molecule is COC(=O)c1nc(NC(=O)[C@@H](C)N2C(=O)c3ccccc3C2=O)n[nH]1. The predicted molar refractivity (Wildman–Crippen MR) is 82.8 cm³/mol. The summed E-state index contributed by atoms with van der Waals surface area (Å²) in [7, 11) is 1.17. The van der Waals surface area contributed by atoms with E-state index in [2.05, 4.69) is 25.2 Å². The summed E-state index contributed by atoms with van der Waals surface area (Å²) in [6.45, 7) is 1.41. The second-order valence-corrected chi connectivity index (χ2v) is 5.19. The quantitative estimate of drug-likeness (QED) is 0.598. The van der Waals surface area contributed by atoms with Crippen molar-refractivity contribution in [3.8, 4) is 0 Å². The molecule has 0 aliphatic carbocycles. The molecule has 3 amide bonds. The number of aromatic amines is 1. The van der Waals surface area contributed by atoms with Crippen molar-refractivity contribution in [2.75, 3.05) is 12.4 Å². The number of hydrogen-bond donors (Lipinski definition) is 2. The molecule has 0 radical (unpaired) electrons. The fraction of sp³-hybridized carbons (Fsp3) is 0.200. The number of imide groups is 1. The Hall–Kier alpha value is -3.56. The molecule has 10 heteroatoms.